The zero-order chi connectivity index (χ0) is 61.8. The average Bonchev–Trinajstić information content (AvgIpc) is 3.50. The summed E-state index contributed by atoms with van der Waals surface area (Å²) in [6.45, 7) is 10.9. The predicted molar refractivity (Wildman–Crippen MR) is 289 cm³/mol. The maximum atomic E-state index is 11.5. The first-order chi connectivity index (χ1) is 38.8. The van der Waals surface area contributed by atoms with Gasteiger partial charge in [-0.2, -0.15) is 9.99 Å². The van der Waals surface area contributed by atoms with Gasteiger partial charge in [-0.15, -0.1) is 0 Å². The lowest BCUT2D eigenvalue weighted by Crippen LogP contribution is -2.32. The number of carbonyl (C=O) groups excluding carboxylic acids is 7. The minimum absolute atomic E-state index is 0.0113. The van der Waals surface area contributed by atoms with E-state index in [1.54, 1.807) is 109 Å². The minimum atomic E-state index is -1.08. The molecule has 0 aromatic carbocycles. The molecule has 27 heteroatoms. The first-order valence-electron chi connectivity index (χ1n) is 23.8. The number of ether oxygens (including phenoxy) is 7. The Morgan fingerprint density at radius 2 is 0.951 bits per heavy atom. The van der Waals surface area contributed by atoms with Crippen molar-refractivity contribution in [2.24, 2.45) is 5.73 Å². The van der Waals surface area contributed by atoms with E-state index in [0.29, 0.717) is 32.8 Å². The Hall–Kier alpha value is -10.5. The topological polar surface area (TPSA) is 387 Å². The molecule has 0 bridgehead atoms. The number of esters is 5. The highest BCUT2D eigenvalue weighted by Gasteiger charge is 2.20. The van der Waals surface area contributed by atoms with Gasteiger partial charge < -0.3 is 59.8 Å². The van der Waals surface area contributed by atoms with Gasteiger partial charge in [0.15, 0.2) is 18.1 Å². The number of amides is 2. The van der Waals surface area contributed by atoms with Crippen molar-refractivity contribution in [1.82, 2.24) is 35.6 Å². The zero-order valence-corrected chi connectivity index (χ0v) is 46.9. The third kappa shape index (κ3) is 27.2. The van der Waals surface area contributed by atoms with Gasteiger partial charge in [0.1, 0.15) is 22.8 Å². The fourth-order valence-corrected chi connectivity index (χ4v) is 5.55. The van der Waals surface area contributed by atoms with Gasteiger partial charge in [0.25, 0.3) is 0 Å². The Bertz CT molecular complexity index is 3090. The van der Waals surface area contributed by atoms with E-state index >= 15 is 0 Å². The van der Waals surface area contributed by atoms with E-state index < -0.39 is 53.2 Å². The molecule has 82 heavy (non-hydrogen) atoms. The number of methoxy groups -OCH3 is 5. The summed E-state index contributed by atoms with van der Waals surface area (Å²) in [4.78, 5) is 108. The van der Waals surface area contributed by atoms with Crippen LogP contribution in [-0.2, 0) is 52.8 Å². The van der Waals surface area contributed by atoms with Gasteiger partial charge in [-0.1, -0.05) is 0 Å². The van der Waals surface area contributed by atoms with Crippen molar-refractivity contribution in [2.75, 3.05) is 35.5 Å². The molecule has 0 aliphatic rings. The van der Waals surface area contributed by atoms with E-state index in [2.05, 4.69) is 59.2 Å². The standard InChI is InChI=1S/C13H18N2O4.C12H16N2O4.C8H10N2O2.C8H6N2O2.C7H7NO3.C7H7NO2/c1-13(2,3)19-12(17)15-8-10-9(11(16)18-4)6-5-7-14-10;1-12(2,3)18-11(17)14-7-9-8(10(15)16)5-4-6-13-9;2*1-12-8(11)6-3-2-4-10-7(6)5-9;1-11-7(9)6-3-2-4-8(10)5-6;1-10-7(9)6-3-2-4-8-5-6/h5-7H,8H2,1-4H3,(H,15,17);4-6H,7H2,1-3H3,(H,14,17)(H,15,16);2-4H,5,9H2,1H3;2-4H,1H3;2-5H,1H3;2-5H,1H3. The van der Waals surface area contributed by atoms with Crippen LogP contribution in [0, 0.1) is 16.5 Å². The summed E-state index contributed by atoms with van der Waals surface area (Å²) in [7, 11) is 6.49. The molecule has 6 rings (SSSR count). The van der Waals surface area contributed by atoms with Crippen molar-refractivity contribution >= 4 is 48.0 Å². The number of pyridine rings is 6. The number of carbonyl (C=O) groups is 8. The molecule has 0 fully saturated rings. The number of hydrogen-bond acceptors (Lipinski definition) is 23. The van der Waals surface area contributed by atoms with Crippen LogP contribution in [0.3, 0.4) is 0 Å². The lowest BCUT2D eigenvalue weighted by molar-refractivity contribution is -0.605. The summed E-state index contributed by atoms with van der Waals surface area (Å²) in [5.41, 5.74) is 7.32. The highest BCUT2D eigenvalue weighted by Crippen LogP contribution is 2.12. The lowest BCUT2D eigenvalue weighted by atomic mass is 10.2. The molecule has 0 atom stereocenters. The first-order valence-corrected chi connectivity index (χ1v) is 23.8. The quantitative estimate of drug-likeness (QED) is 0.0520. The van der Waals surface area contributed by atoms with Gasteiger partial charge in [0.2, 0.25) is 0 Å². The number of nitrogens with one attached hydrogen (secondary N) is 2. The van der Waals surface area contributed by atoms with Gasteiger partial charge in [-0.3, -0.25) is 19.9 Å². The Morgan fingerprint density at radius 1 is 0.561 bits per heavy atom. The predicted octanol–water partition coefficient (Wildman–Crippen LogP) is 5.74. The van der Waals surface area contributed by atoms with Crippen LogP contribution in [0.2, 0.25) is 0 Å². The number of nitrogens with zero attached hydrogens (tertiary/aromatic N) is 7. The minimum Gasteiger partial charge on any atom is -0.619 e. The monoisotopic (exact) mass is 1140 g/mol. The van der Waals surface area contributed by atoms with Crippen LogP contribution in [-0.4, -0.2) is 125 Å². The highest BCUT2D eigenvalue weighted by atomic mass is 16.6. The average molecular weight is 1140 g/mol. The Labute approximate surface area is 472 Å². The van der Waals surface area contributed by atoms with E-state index in [9.17, 15) is 43.6 Å². The number of nitrogens with two attached hydrogens (primary N) is 1. The van der Waals surface area contributed by atoms with Crippen molar-refractivity contribution < 1.29 is 81.4 Å². The number of alkyl carbamates (subject to hydrolysis) is 2. The molecule has 0 aliphatic carbocycles. The maximum absolute atomic E-state index is 11.5. The summed E-state index contributed by atoms with van der Waals surface area (Å²) >= 11 is 0. The maximum Gasteiger partial charge on any atom is 0.407 e. The number of rotatable bonds is 11. The molecular weight excluding hydrogens is 1070 g/mol. The first kappa shape index (κ1) is 69.5. The molecule has 27 nitrogen and oxygen atoms in total. The highest BCUT2D eigenvalue weighted by molar-refractivity contribution is 5.92. The fraction of sp³-hybridized carbons (Fsp3) is 0.291. The second-order valence-corrected chi connectivity index (χ2v) is 17.4. The van der Waals surface area contributed by atoms with E-state index in [1.807, 2.05) is 0 Å². The van der Waals surface area contributed by atoms with Gasteiger partial charge >= 0.3 is 48.0 Å². The van der Waals surface area contributed by atoms with Crippen molar-refractivity contribution in [3.05, 3.63) is 184 Å². The zero-order valence-electron chi connectivity index (χ0n) is 46.9. The molecule has 2 amide bonds. The fourth-order valence-electron chi connectivity index (χ4n) is 5.55. The summed E-state index contributed by atoms with van der Waals surface area (Å²) < 4.78 is 33.2. The summed E-state index contributed by atoms with van der Waals surface area (Å²) in [5, 5.41) is 33.1. The molecule has 0 saturated heterocycles. The number of carboxylic acids is 1. The summed E-state index contributed by atoms with van der Waals surface area (Å²) in [6.07, 6.45) is 10.4. The largest absolute Gasteiger partial charge is 0.619 e. The van der Waals surface area contributed by atoms with Crippen LogP contribution in [0.4, 0.5) is 9.59 Å². The SMILES string of the molecule is CC(C)(C)OC(=O)NCc1ncccc1C(=O)O.COC(=O)c1ccc[n+]([O-])c1.COC(=O)c1cccnc1.COC(=O)c1cccnc1C#N.COC(=O)c1cccnc1CN.COC(=O)c1cccnc1CNC(=O)OC(C)(C)C. The molecule has 5 N–H and O–H groups in total. The molecule has 0 radical (unpaired) electrons. The van der Waals surface area contributed by atoms with Gasteiger partial charge in [0, 0.05) is 49.8 Å². The number of aromatic carboxylic acids is 1. The second kappa shape index (κ2) is 36.6. The van der Waals surface area contributed by atoms with Crippen LogP contribution >= 0.6 is 0 Å². The molecule has 6 heterocycles. The van der Waals surface area contributed by atoms with Gasteiger partial charge in [-0.05, 0) is 108 Å². The number of aromatic nitrogens is 6. The van der Waals surface area contributed by atoms with Gasteiger partial charge in [0.05, 0.1) is 93.5 Å². The van der Waals surface area contributed by atoms with Crippen LogP contribution in [0.1, 0.15) is 126 Å². The second-order valence-electron chi connectivity index (χ2n) is 17.4. The summed E-state index contributed by atoms with van der Waals surface area (Å²) in [5.74, 6) is -3.37. The Kier molecular flexibility index (Phi) is 31.0. The molecular formula is C55H64N10O17. The smallest absolute Gasteiger partial charge is 0.407 e. The molecule has 0 spiro atoms. The number of carboxylic acid groups (broad SMARTS) is 1. The number of hydrogen-bond donors (Lipinski definition) is 4. The molecule has 6 aromatic rings. The molecule has 0 saturated carbocycles. The normalized spacial score (nSPS) is 9.84. The molecule has 6 aromatic heterocycles. The van der Waals surface area contributed by atoms with Gasteiger partial charge in [-0.25, -0.2) is 43.3 Å². The Balaban J connectivity index is 0.000000500. The Morgan fingerprint density at radius 3 is 1.37 bits per heavy atom. The van der Waals surface area contributed by atoms with Crippen LogP contribution in [0.25, 0.3) is 0 Å². The van der Waals surface area contributed by atoms with Crippen molar-refractivity contribution in [2.45, 2.75) is 72.4 Å². The van der Waals surface area contributed by atoms with Crippen LogP contribution in [0.5, 0.6) is 0 Å². The van der Waals surface area contributed by atoms with E-state index in [-0.39, 0.29) is 53.7 Å². The van der Waals surface area contributed by atoms with Crippen LogP contribution < -0.4 is 21.1 Å². The van der Waals surface area contributed by atoms with Crippen molar-refractivity contribution in [3.63, 3.8) is 0 Å². The molecule has 0 aliphatic heterocycles. The van der Waals surface area contributed by atoms with E-state index in [4.69, 9.17) is 25.6 Å². The molecule has 436 valence electrons. The third-order valence-electron chi connectivity index (χ3n) is 9.10. The van der Waals surface area contributed by atoms with E-state index in [1.165, 1.54) is 90.7 Å². The third-order valence-corrected chi connectivity index (χ3v) is 9.10. The molecule has 0 unspecified atom stereocenters. The van der Waals surface area contributed by atoms with Crippen LogP contribution in [0.15, 0.2) is 122 Å². The van der Waals surface area contributed by atoms with Crippen molar-refractivity contribution in [1.29, 1.82) is 5.26 Å². The summed E-state index contributed by atoms with van der Waals surface area (Å²) in [6, 6.07) is 20.7. The van der Waals surface area contributed by atoms with E-state index in [0.717, 1.165) is 6.20 Å². The lowest BCUT2D eigenvalue weighted by Gasteiger charge is -2.19. The number of nitriles is 1. The van der Waals surface area contributed by atoms with Crippen molar-refractivity contribution in [3.8, 4) is 6.07 Å².